The number of aryl methyl sites for hydroxylation is 2. The zero-order chi connectivity index (χ0) is 20.0. The summed E-state index contributed by atoms with van der Waals surface area (Å²) in [5, 5.41) is 4.85. The molecule has 2 amide bonds. The lowest BCUT2D eigenvalue weighted by molar-refractivity contribution is -0.123. The van der Waals surface area contributed by atoms with Crippen LogP contribution in [0.2, 0.25) is 0 Å². The maximum atomic E-state index is 13.0. The molecule has 0 bridgehead atoms. The number of hydrogen-bond acceptors (Lipinski definition) is 4. The Morgan fingerprint density at radius 1 is 0.963 bits per heavy atom. The minimum Gasteiger partial charge on any atom is -0.346 e. The topological polar surface area (TPSA) is 104 Å². The van der Waals surface area contributed by atoms with Crippen molar-refractivity contribution in [3.8, 4) is 0 Å². The molecule has 0 spiro atoms. The minimum atomic E-state index is -3.82. The quantitative estimate of drug-likeness (QED) is 0.663. The van der Waals surface area contributed by atoms with Crippen LogP contribution in [0.4, 0.5) is 10.1 Å². The molecule has 0 fully saturated rings. The molecule has 0 aliphatic rings. The molecule has 0 saturated carbocycles. The Balaban J connectivity index is 1.81. The van der Waals surface area contributed by atoms with Crippen molar-refractivity contribution < 1.29 is 22.4 Å². The number of halogens is 1. The number of benzene rings is 2. The van der Waals surface area contributed by atoms with Gasteiger partial charge in [0.25, 0.3) is 0 Å². The maximum Gasteiger partial charge on any atom is 0.243 e. The van der Waals surface area contributed by atoms with Gasteiger partial charge in [-0.1, -0.05) is 17.7 Å². The summed E-state index contributed by atoms with van der Waals surface area (Å²) < 4.78 is 39.4. The number of anilines is 1. The average Bonchev–Trinajstić information content (AvgIpc) is 2.61. The van der Waals surface area contributed by atoms with Crippen LogP contribution in [0.3, 0.4) is 0 Å². The highest BCUT2D eigenvalue weighted by Crippen LogP contribution is 2.15. The second-order valence-corrected chi connectivity index (χ2v) is 7.69. The van der Waals surface area contributed by atoms with E-state index in [1.54, 1.807) is 19.1 Å². The van der Waals surface area contributed by atoms with Crippen LogP contribution < -0.4 is 15.4 Å². The zero-order valence-corrected chi connectivity index (χ0v) is 15.7. The van der Waals surface area contributed by atoms with Crippen LogP contribution in [0.15, 0.2) is 47.4 Å². The summed E-state index contributed by atoms with van der Waals surface area (Å²) in [4.78, 5) is 23.7. The summed E-state index contributed by atoms with van der Waals surface area (Å²) >= 11 is 0. The van der Waals surface area contributed by atoms with Gasteiger partial charge in [0.05, 0.1) is 18.0 Å². The summed E-state index contributed by atoms with van der Waals surface area (Å²) in [6.45, 7) is 2.62. The molecule has 0 aromatic heterocycles. The normalized spacial score (nSPS) is 11.1. The van der Waals surface area contributed by atoms with Gasteiger partial charge in [0, 0.05) is 5.69 Å². The van der Waals surface area contributed by atoms with Gasteiger partial charge in [0.15, 0.2) is 0 Å². The molecule has 2 aromatic rings. The van der Waals surface area contributed by atoms with Crippen molar-refractivity contribution in [3.63, 3.8) is 0 Å². The number of hydrogen-bond donors (Lipinski definition) is 3. The summed E-state index contributed by atoms with van der Waals surface area (Å²) in [6, 6.07) is 10.1. The summed E-state index contributed by atoms with van der Waals surface area (Å²) in [5.74, 6) is -1.59. The van der Waals surface area contributed by atoms with Gasteiger partial charge < -0.3 is 10.6 Å². The average molecular weight is 393 g/mol. The van der Waals surface area contributed by atoms with Crippen molar-refractivity contribution in [3.05, 3.63) is 59.4 Å². The van der Waals surface area contributed by atoms with E-state index in [-0.39, 0.29) is 11.4 Å². The monoisotopic (exact) mass is 393 g/mol. The van der Waals surface area contributed by atoms with Crippen molar-refractivity contribution in [2.45, 2.75) is 18.7 Å². The Morgan fingerprint density at radius 2 is 1.63 bits per heavy atom. The molecule has 27 heavy (non-hydrogen) atoms. The Morgan fingerprint density at radius 3 is 2.26 bits per heavy atom. The predicted octanol–water partition coefficient (Wildman–Crippen LogP) is 1.48. The molecule has 0 unspecified atom stereocenters. The number of carbonyl (C=O) groups excluding carboxylic acids is 2. The van der Waals surface area contributed by atoms with Gasteiger partial charge in [-0.2, -0.15) is 0 Å². The fourth-order valence-electron chi connectivity index (χ4n) is 2.16. The highest BCUT2D eigenvalue weighted by Gasteiger charge is 2.15. The van der Waals surface area contributed by atoms with E-state index in [1.807, 2.05) is 6.92 Å². The number of carbonyl (C=O) groups is 2. The zero-order valence-electron chi connectivity index (χ0n) is 14.9. The largest absolute Gasteiger partial charge is 0.346 e. The van der Waals surface area contributed by atoms with E-state index >= 15 is 0 Å². The first-order valence-corrected chi connectivity index (χ1v) is 9.55. The van der Waals surface area contributed by atoms with Crippen LogP contribution in [0.1, 0.15) is 11.1 Å². The molecule has 2 aromatic carbocycles. The van der Waals surface area contributed by atoms with Crippen molar-refractivity contribution in [2.75, 3.05) is 18.4 Å². The fourth-order valence-corrected chi connectivity index (χ4v) is 3.15. The molecule has 3 N–H and O–H groups in total. The lowest BCUT2D eigenvalue weighted by Gasteiger charge is -2.10. The Kier molecular flexibility index (Phi) is 6.65. The Hall–Kier alpha value is -2.78. The first-order chi connectivity index (χ1) is 12.7. The third-order valence-electron chi connectivity index (χ3n) is 3.66. The molecule has 0 aliphatic carbocycles. The molecule has 0 atom stereocenters. The highest BCUT2D eigenvalue weighted by molar-refractivity contribution is 7.89. The van der Waals surface area contributed by atoms with E-state index in [0.29, 0.717) is 11.3 Å². The molecular weight excluding hydrogens is 373 g/mol. The molecule has 144 valence electrons. The van der Waals surface area contributed by atoms with Gasteiger partial charge in [0.2, 0.25) is 21.8 Å². The van der Waals surface area contributed by atoms with Crippen molar-refractivity contribution in [1.29, 1.82) is 0 Å². The Bertz CT molecular complexity index is 944. The minimum absolute atomic E-state index is 0.0467. The molecule has 2 rings (SSSR count). The Labute approximate surface area is 157 Å². The van der Waals surface area contributed by atoms with E-state index in [4.69, 9.17) is 0 Å². The molecule has 0 radical (unpaired) electrons. The lowest BCUT2D eigenvalue weighted by atomic mass is 10.2. The number of rotatable bonds is 7. The van der Waals surface area contributed by atoms with Gasteiger partial charge in [-0.05, 0) is 49.7 Å². The first kappa shape index (κ1) is 20.5. The molecule has 9 heteroatoms. The summed E-state index contributed by atoms with van der Waals surface area (Å²) in [7, 11) is -3.82. The van der Waals surface area contributed by atoms with E-state index in [0.717, 1.165) is 5.56 Å². The highest BCUT2D eigenvalue weighted by atomic mass is 32.2. The lowest BCUT2D eigenvalue weighted by Crippen LogP contribution is -2.40. The molecule has 0 heterocycles. The number of amides is 2. The van der Waals surface area contributed by atoms with E-state index in [2.05, 4.69) is 15.4 Å². The van der Waals surface area contributed by atoms with Crippen LogP contribution in [0, 0.1) is 19.7 Å². The third kappa shape index (κ3) is 6.15. The summed E-state index contributed by atoms with van der Waals surface area (Å²) in [6.07, 6.45) is 0. The third-order valence-corrected chi connectivity index (χ3v) is 5.08. The van der Waals surface area contributed by atoms with Crippen molar-refractivity contribution in [1.82, 2.24) is 10.0 Å². The van der Waals surface area contributed by atoms with Crippen molar-refractivity contribution in [2.24, 2.45) is 0 Å². The standard InChI is InChI=1S/C18H20FN3O4S/c1-12-3-6-15(7-4-12)27(25,26)21-11-17(23)20-10-18(24)22-16-8-5-14(19)9-13(16)2/h3-9,21H,10-11H2,1-2H3,(H,20,23)(H,22,24). The second kappa shape index (κ2) is 8.74. The van der Waals surface area contributed by atoms with Gasteiger partial charge >= 0.3 is 0 Å². The second-order valence-electron chi connectivity index (χ2n) is 5.92. The summed E-state index contributed by atoms with van der Waals surface area (Å²) in [5.41, 5.74) is 1.88. The van der Waals surface area contributed by atoms with Gasteiger partial charge in [-0.15, -0.1) is 0 Å². The molecule has 0 saturated heterocycles. The van der Waals surface area contributed by atoms with Crippen LogP contribution in [-0.4, -0.2) is 33.3 Å². The van der Waals surface area contributed by atoms with Crippen LogP contribution in [0.5, 0.6) is 0 Å². The van der Waals surface area contributed by atoms with Crippen LogP contribution in [-0.2, 0) is 19.6 Å². The van der Waals surface area contributed by atoms with Crippen LogP contribution in [0.25, 0.3) is 0 Å². The number of nitrogens with one attached hydrogen (secondary N) is 3. The van der Waals surface area contributed by atoms with Crippen molar-refractivity contribution >= 4 is 27.5 Å². The SMILES string of the molecule is Cc1ccc(S(=O)(=O)NCC(=O)NCC(=O)Nc2ccc(F)cc2C)cc1. The van der Waals surface area contributed by atoms with E-state index < -0.39 is 34.2 Å². The van der Waals surface area contributed by atoms with Gasteiger partial charge in [-0.25, -0.2) is 17.5 Å². The molecule has 0 aliphatic heterocycles. The van der Waals surface area contributed by atoms with E-state index in [1.165, 1.54) is 30.3 Å². The predicted molar refractivity (Wildman–Crippen MR) is 99.1 cm³/mol. The van der Waals surface area contributed by atoms with E-state index in [9.17, 15) is 22.4 Å². The fraction of sp³-hybridized carbons (Fsp3) is 0.222. The van der Waals surface area contributed by atoms with Gasteiger partial charge in [0.1, 0.15) is 5.82 Å². The maximum absolute atomic E-state index is 13.0. The van der Waals surface area contributed by atoms with Crippen LogP contribution >= 0.6 is 0 Å². The molecular formula is C18H20FN3O4S. The molecule has 7 nitrogen and oxygen atoms in total. The number of sulfonamides is 1. The van der Waals surface area contributed by atoms with Gasteiger partial charge in [-0.3, -0.25) is 9.59 Å². The smallest absolute Gasteiger partial charge is 0.243 e. The first-order valence-electron chi connectivity index (χ1n) is 8.06.